The Labute approximate surface area is 118 Å². The van der Waals surface area contributed by atoms with Crippen LogP contribution in [-0.4, -0.2) is 17.3 Å². The molecule has 1 fully saturated rings. The molecule has 18 heavy (non-hydrogen) atoms. The van der Waals surface area contributed by atoms with Gasteiger partial charge >= 0.3 is 5.97 Å². The van der Waals surface area contributed by atoms with Crippen molar-refractivity contribution in [1.29, 1.82) is 0 Å². The van der Waals surface area contributed by atoms with Gasteiger partial charge in [-0.1, -0.05) is 15.9 Å². The Kier molecular flexibility index (Phi) is 4.33. The van der Waals surface area contributed by atoms with Gasteiger partial charge in [0.15, 0.2) is 0 Å². The second-order valence-electron chi connectivity index (χ2n) is 4.25. The van der Waals surface area contributed by atoms with Gasteiger partial charge in [-0.15, -0.1) is 11.8 Å². The van der Waals surface area contributed by atoms with Gasteiger partial charge < -0.3 is 4.74 Å². The predicted octanol–water partition coefficient (Wildman–Crippen LogP) is 4.17. The van der Waals surface area contributed by atoms with Crippen LogP contribution in [-0.2, 0) is 9.53 Å². The first-order chi connectivity index (χ1) is 8.57. The summed E-state index contributed by atoms with van der Waals surface area (Å²) in [6.45, 7) is 2.15. The molecule has 2 rings (SSSR count). The minimum absolute atomic E-state index is 0.222. The van der Waals surface area contributed by atoms with E-state index < -0.39 is 4.75 Å². The molecule has 1 aliphatic carbocycles. The number of thioether (sulfide) groups is 1. The van der Waals surface area contributed by atoms with Crippen LogP contribution in [0.5, 0.6) is 0 Å². The van der Waals surface area contributed by atoms with Gasteiger partial charge in [-0.05, 0) is 44.4 Å². The smallest absolute Gasteiger partial charge is 0.322 e. The summed E-state index contributed by atoms with van der Waals surface area (Å²) in [7, 11) is 0. The van der Waals surface area contributed by atoms with Gasteiger partial charge in [0, 0.05) is 9.37 Å². The summed E-state index contributed by atoms with van der Waals surface area (Å²) >= 11 is 4.60. The third-order valence-corrected chi connectivity index (χ3v) is 5.00. The van der Waals surface area contributed by atoms with Gasteiger partial charge in [0.25, 0.3) is 0 Å². The summed E-state index contributed by atoms with van der Waals surface area (Å²) in [6.07, 6.45) is 2.49. The maximum Gasteiger partial charge on any atom is 0.322 e. The molecule has 0 saturated heterocycles. The molecular weight excluding hydrogens is 319 g/mol. The van der Waals surface area contributed by atoms with Crippen LogP contribution in [0.25, 0.3) is 0 Å². The van der Waals surface area contributed by atoms with Crippen molar-refractivity contribution in [2.24, 2.45) is 0 Å². The SMILES string of the molecule is CCOC(=O)C1(Sc2cc(Br)ccc2F)CCC1. The zero-order valence-corrected chi connectivity index (χ0v) is 12.4. The number of benzene rings is 1. The third-order valence-electron chi connectivity index (χ3n) is 3.01. The highest BCUT2D eigenvalue weighted by atomic mass is 79.9. The van der Waals surface area contributed by atoms with E-state index in [0.717, 1.165) is 23.7 Å². The highest BCUT2D eigenvalue weighted by Gasteiger charge is 2.47. The molecule has 0 atom stereocenters. The molecule has 0 heterocycles. The average Bonchev–Trinajstić information content (AvgIpc) is 2.28. The van der Waals surface area contributed by atoms with Crippen molar-refractivity contribution in [3.05, 3.63) is 28.5 Å². The quantitative estimate of drug-likeness (QED) is 0.774. The van der Waals surface area contributed by atoms with E-state index in [2.05, 4.69) is 15.9 Å². The number of halogens is 2. The molecule has 1 aliphatic rings. The maximum absolute atomic E-state index is 13.7. The van der Waals surface area contributed by atoms with Crippen LogP contribution < -0.4 is 0 Å². The van der Waals surface area contributed by atoms with Gasteiger partial charge in [0.05, 0.1) is 6.61 Å². The Bertz CT molecular complexity index is 460. The summed E-state index contributed by atoms with van der Waals surface area (Å²) in [5.41, 5.74) is 0. The Morgan fingerprint density at radius 1 is 1.56 bits per heavy atom. The molecule has 98 valence electrons. The van der Waals surface area contributed by atoms with Crippen molar-refractivity contribution >= 4 is 33.7 Å². The monoisotopic (exact) mass is 332 g/mol. The minimum Gasteiger partial charge on any atom is -0.465 e. The van der Waals surface area contributed by atoms with Gasteiger partial charge in [-0.2, -0.15) is 0 Å². The van der Waals surface area contributed by atoms with E-state index in [9.17, 15) is 9.18 Å². The van der Waals surface area contributed by atoms with Crippen molar-refractivity contribution in [1.82, 2.24) is 0 Å². The summed E-state index contributed by atoms with van der Waals surface area (Å²) in [5, 5.41) is 0. The van der Waals surface area contributed by atoms with Crippen LogP contribution in [0.2, 0.25) is 0 Å². The molecule has 0 spiro atoms. The topological polar surface area (TPSA) is 26.3 Å². The lowest BCUT2D eigenvalue weighted by atomic mass is 9.84. The molecule has 0 bridgehead atoms. The van der Waals surface area contributed by atoms with E-state index in [1.807, 2.05) is 0 Å². The van der Waals surface area contributed by atoms with Crippen molar-refractivity contribution in [2.45, 2.75) is 35.8 Å². The Hall–Kier alpha value is -0.550. The Balaban J connectivity index is 2.20. The Morgan fingerprint density at radius 2 is 2.28 bits per heavy atom. The number of rotatable bonds is 4. The minimum atomic E-state index is -0.586. The fraction of sp³-hybridized carbons (Fsp3) is 0.462. The highest BCUT2D eigenvalue weighted by Crippen LogP contribution is 2.49. The Morgan fingerprint density at radius 3 is 2.83 bits per heavy atom. The first-order valence-corrected chi connectivity index (χ1v) is 7.49. The molecule has 0 amide bonds. The van der Waals surface area contributed by atoms with Crippen molar-refractivity contribution in [3.8, 4) is 0 Å². The van der Waals surface area contributed by atoms with Gasteiger partial charge in [-0.3, -0.25) is 4.79 Å². The lowest BCUT2D eigenvalue weighted by Gasteiger charge is -2.38. The van der Waals surface area contributed by atoms with E-state index >= 15 is 0 Å². The summed E-state index contributed by atoms with van der Waals surface area (Å²) in [4.78, 5) is 12.5. The number of ether oxygens (including phenoxy) is 1. The van der Waals surface area contributed by atoms with E-state index in [0.29, 0.717) is 11.5 Å². The number of esters is 1. The van der Waals surface area contributed by atoms with E-state index in [1.165, 1.54) is 17.8 Å². The second kappa shape index (κ2) is 5.61. The number of carbonyl (C=O) groups is 1. The maximum atomic E-state index is 13.7. The van der Waals surface area contributed by atoms with Crippen LogP contribution >= 0.6 is 27.7 Å². The highest BCUT2D eigenvalue weighted by molar-refractivity contribution is 9.10. The molecule has 0 radical (unpaired) electrons. The zero-order chi connectivity index (χ0) is 13.2. The normalized spacial score (nSPS) is 17.1. The molecule has 2 nitrogen and oxygen atoms in total. The van der Waals surface area contributed by atoms with Crippen molar-refractivity contribution in [3.63, 3.8) is 0 Å². The van der Waals surface area contributed by atoms with Gasteiger partial charge in [0.2, 0.25) is 0 Å². The molecular formula is C13H14BrFO2S. The fourth-order valence-electron chi connectivity index (χ4n) is 1.87. The van der Waals surface area contributed by atoms with Crippen LogP contribution in [0.4, 0.5) is 4.39 Å². The number of carbonyl (C=O) groups excluding carboxylic acids is 1. The first-order valence-electron chi connectivity index (χ1n) is 5.89. The molecule has 0 aliphatic heterocycles. The molecule has 1 aromatic rings. The van der Waals surface area contributed by atoms with E-state index in [-0.39, 0.29) is 11.8 Å². The summed E-state index contributed by atoms with van der Waals surface area (Å²) in [6, 6.07) is 4.76. The van der Waals surface area contributed by atoms with Crippen LogP contribution in [0.1, 0.15) is 26.2 Å². The number of hydrogen-bond donors (Lipinski definition) is 0. The van der Waals surface area contributed by atoms with Gasteiger partial charge in [0.1, 0.15) is 10.6 Å². The molecule has 1 saturated carbocycles. The van der Waals surface area contributed by atoms with E-state index in [4.69, 9.17) is 4.74 Å². The predicted molar refractivity (Wildman–Crippen MR) is 73.2 cm³/mol. The lowest BCUT2D eigenvalue weighted by molar-refractivity contribution is -0.148. The van der Waals surface area contributed by atoms with Crippen LogP contribution in [0, 0.1) is 5.82 Å². The summed E-state index contributed by atoms with van der Waals surface area (Å²) < 4.78 is 19.0. The van der Waals surface area contributed by atoms with Crippen molar-refractivity contribution < 1.29 is 13.9 Å². The molecule has 1 aromatic carbocycles. The third kappa shape index (κ3) is 2.72. The van der Waals surface area contributed by atoms with Crippen LogP contribution in [0.3, 0.4) is 0 Å². The molecule has 0 N–H and O–H groups in total. The lowest BCUT2D eigenvalue weighted by Crippen LogP contribution is -2.43. The standard InChI is InChI=1S/C13H14BrFO2S/c1-2-17-12(16)13(6-3-7-13)18-11-8-9(14)4-5-10(11)15/h4-5,8H,2-3,6-7H2,1H3. The summed E-state index contributed by atoms with van der Waals surface area (Å²) in [5.74, 6) is -0.514. The number of hydrogen-bond acceptors (Lipinski definition) is 3. The van der Waals surface area contributed by atoms with Crippen molar-refractivity contribution in [2.75, 3.05) is 6.61 Å². The van der Waals surface area contributed by atoms with Gasteiger partial charge in [-0.25, -0.2) is 4.39 Å². The molecule has 0 unspecified atom stereocenters. The van der Waals surface area contributed by atoms with Crippen LogP contribution in [0.15, 0.2) is 27.6 Å². The zero-order valence-electron chi connectivity index (χ0n) is 10.0. The average molecular weight is 333 g/mol. The molecule has 5 heteroatoms. The fourth-order valence-corrected chi connectivity index (χ4v) is 3.79. The molecule has 0 aromatic heterocycles. The largest absolute Gasteiger partial charge is 0.465 e. The second-order valence-corrected chi connectivity index (χ2v) is 6.59. The first kappa shape index (κ1) is 13.9. The van der Waals surface area contributed by atoms with E-state index in [1.54, 1.807) is 19.1 Å².